The summed E-state index contributed by atoms with van der Waals surface area (Å²) >= 11 is 3.31. The van der Waals surface area contributed by atoms with Crippen LogP contribution in [0.15, 0.2) is 22.7 Å². The molecule has 0 bridgehead atoms. The van der Waals surface area contributed by atoms with Gasteiger partial charge in [0.25, 0.3) is 0 Å². The van der Waals surface area contributed by atoms with Gasteiger partial charge in [0.2, 0.25) is 0 Å². The van der Waals surface area contributed by atoms with Crippen molar-refractivity contribution in [1.29, 1.82) is 0 Å². The van der Waals surface area contributed by atoms with E-state index in [0.717, 1.165) is 12.1 Å². The van der Waals surface area contributed by atoms with Crippen molar-refractivity contribution in [2.75, 3.05) is 0 Å². The summed E-state index contributed by atoms with van der Waals surface area (Å²) in [6.45, 7) is 5.15. The van der Waals surface area contributed by atoms with Crippen LogP contribution in [0.5, 0.6) is 0 Å². The molecular formula is C15H23BrFN. The summed E-state index contributed by atoms with van der Waals surface area (Å²) in [5, 5.41) is 3.54. The molecule has 102 valence electrons. The van der Waals surface area contributed by atoms with Gasteiger partial charge in [-0.25, -0.2) is 4.39 Å². The summed E-state index contributed by atoms with van der Waals surface area (Å²) in [6.07, 6.45) is 6.06. The molecule has 0 radical (unpaired) electrons. The van der Waals surface area contributed by atoms with E-state index in [1.807, 2.05) is 6.07 Å². The lowest BCUT2D eigenvalue weighted by atomic mass is 10.0. The third kappa shape index (κ3) is 5.07. The number of halogens is 2. The maximum absolute atomic E-state index is 13.4. The number of rotatable bonds is 8. The Balaban J connectivity index is 2.52. The summed E-state index contributed by atoms with van der Waals surface area (Å²) < 4.78 is 14.0. The van der Waals surface area contributed by atoms with E-state index in [4.69, 9.17) is 0 Å². The average Bonchev–Trinajstić information content (AvgIpc) is 2.37. The standard InChI is InChI=1S/C15H23BrFN/c1-3-5-9-13(7-4-2)18-11-12-8-6-10-14(17)15(12)16/h6,8,10,13,18H,3-5,7,9,11H2,1-2H3. The van der Waals surface area contributed by atoms with Crippen molar-refractivity contribution < 1.29 is 4.39 Å². The molecule has 1 aromatic carbocycles. The van der Waals surface area contributed by atoms with E-state index in [9.17, 15) is 4.39 Å². The van der Waals surface area contributed by atoms with Crippen LogP contribution in [0, 0.1) is 5.82 Å². The molecule has 0 heterocycles. The van der Waals surface area contributed by atoms with E-state index in [1.54, 1.807) is 6.07 Å². The van der Waals surface area contributed by atoms with Gasteiger partial charge < -0.3 is 5.32 Å². The van der Waals surface area contributed by atoms with Gasteiger partial charge in [-0.05, 0) is 40.4 Å². The normalized spacial score (nSPS) is 12.7. The summed E-state index contributed by atoms with van der Waals surface area (Å²) in [5.41, 5.74) is 0.993. The number of hydrogen-bond donors (Lipinski definition) is 1. The van der Waals surface area contributed by atoms with E-state index in [-0.39, 0.29) is 5.82 Å². The fourth-order valence-electron chi connectivity index (χ4n) is 2.09. The van der Waals surface area contributed by atoms with E-state index in [2.05, 4.69) is 35.1 Å². The Labute approximate surface area is 118 Å². The Morgan fingerprint density at radius 3 is 2.67 bits per heavy atom. The van der Waals surface area contributed by atoms with Crippen molar-refractivity contribution in [2.24, 2.45) is 0 Å². The third-order valence-electron chi connectivity index (χ3n) is 3.16. The van der Waals surface area contributed by atoms with Crippen LogP contribution in [0.25, 0.3) is 0 Å². The predicted octanol–water partition coefficient (Wildman–Crippen LogP) is 5.04. The first-order valence-corrected chi connectivity index (χ1v) is 7.64. The zero-order valence-electron chi connectivity index (χ0n) is 11.3. The Morgan fingerprint density at radius 1 is 1.22 bits per heavy atom. The van der Waals surface area contributed by atoms with E-state index in [1.165, 1.54) is 38.2 Å². The highest BCUT2D eigenvalue weighted by atomic mass is 79.9. The number of hydrogen-bond acceptors (Lipinski definition) is 1. The van der Waals surface area contributed by atoms with Crippen molar-refractivity contribution in [3.63, 3.8) is 0 Å². The summed E-state index contributed by atoms with van der Waals surface area (Å²) in [5.74, 6) is -0.185. The molecule has 18 heavy (non-hydrogen) atoms. The molecule has 0 spiro atoms. The monoisotopic (exact) mass is 315 g/mol. The van der Waals surface area contributed by atoms with Crippen LogP contribution in [-0.4, -0.2) is 6.04 Å². The van der Waals surface area contributed by atoms with Gasteiger partial charge >= 0.3 is 0 Å². The topological polar surface area (TPSA) is 12.0 Å². The summed E-state index contributed by atoms with van der Waals surface area (Å²) in [7, 11) is 0. The molecule has 0 aromatic heterocycles. The van der Waals surface area contributed by atoms with Crippen LogP contribution in [0.2, 0.25) is 0 Å². The van der Waals surface area contributed by atoms with Crippen LogP contribution >= 0.6 is 15.9 Å². The van der Waals surface area contributed by atoms with Crippen molar-refractivity contribution >= 4 is 15.9 Å². The Hall–Kier alpha value is -0.410. The lowest BCUT2D eigenvalue weighted by Crippen LogP contribution is -2.28. The second-order valence-electron chi connectivity index (χ2n) is 4.72. The fraction of sp³-hybridized carbons (Fsp3) is 0.600. The first-order valence-electron chi connectivity index (χ1n) is 6.85. The van der Waals surface area contributed by atoms with Crippen LogP contribution in [0.1, 0.15) is 51.5 Å². The zero-order valence-corrected chi connectivity index (χ0v) is 12.9. The fourth-order valence-corrected chi connectivity index (χ4v) is 2.49. The molecule has 0 saturated carbocycles. The van der Waals surface area contributed by atoms with Gasteiger partial charge in [-0.1, -0.05) is 45.2 Å². The largest absolute Gasteiger partial charge is 0.310 e. The van der Waals surface area contributed by atoms with Crippen LogP contribution in [0.3, 0.4) is 0 Å². The molecule has 0 amide bonds. The molecule has 1 N–H and O–H groups in total. The highest BCUT2D eigenvalue weighted by Gasteiger charge is 2.09. The number of benzene rings is 1. The second-order valence-corrected chi connectivity index (χ2v) is 5.51. The molecular weight excluding hydrogens is 293 g/mol. The van der Waals surface area contributed by atoms with Crippen molar-refractivity contribution in [2.45, 2.75) is 58.5 Å². The van der Waals surface area contributed by atoms with Crippen molar-refractivity contribution in [3.8, 4) is 0 Å². The molecule has 3 heteroatoms. The maximum atomic E-state index is 13.4. The van der Waals surface area contributed by atoms with Crippen LogP contribution in [-0.2, 0) is 6.54 Å². The highest BCUT2D eigenvalue weighted by Crippen LogP contribution is 2.20. The van der Waals surface area contributed by atoms with E-state index < -0.39 is 0 Å². The Morgan fingerprint density at radius 2 is 2.00 bits per heavy atom. The highest BCUT2D eigenvalue weighted by molar-refractivity contribution is 9.10. The molecule has 0 fully saturated rings. The first kappa shape index (κ1) is 15.6. The van der Waals surface area contributed by atoms with Gasteiger partial charge in [0, 0.05) is 12.6 Å². The smallest absolute Gasteiger partial charge is 0.137 e. The van der Waals surface area contributed by atoms with Crippen molar-refractivity contribution in [3.05, 3.63) is 34.1 Å². The molecule has 1 aromatic rings. The SMILES string of the molecule is CCCCC(CCC)NCc1cccc(F)c1Br. The minimum absolute atomic E-state index is 0.185. The Kier molecular flexibility index (Phi) is 7.52. The molecule has 1 nitrogen and oxygen atoms in total. The molecule has 0 aliphatic rings. The minimum Gasteiger partial charge on any atom is -0.310 e. The minimum atomic E-state index is -0.185. The van der Waals surface area contributed by atoms with Crippen LogP contribution < -0.4 is 5.32 Å². The predicted molar refractivity (Wildman–Crippen MR) is 79.2 cm³/mol. The van der Waals surface area contributed by atoms with E-state index in [0.29, 0.717) is 10.5 Å². The zero-order chi connectivity index (χ0) is 13.4. The van der Waals surface area contributed by atoms with Gasteiger partial charge in [0.05, 0.1) is 4.47 Å². The lowest BCUT2D eigenvalue weighted by Gasteiger charge is -2.18. The molecule has 1 unspecified atom stereocenters. The molecule has 0 saturated heterocycles. The Bertz CT molecular complexity index is 354. The first-order chi connectivity index (χ1) is 8.69. The number of unbranched alkanes of at least 4 members (excludes halogenated alkanes) is 1. The lowest BCUT2D eigenvalue weighted by molar-refractivity contribution is 0.433. The second kappa shape index (κ2) is 8.65. The van der Waals surface area contributed by atoms with Gasteiger partial charge in [-0.3, -0.25) is 0 Å². The molecule has 1 atom stereocenters. The van der Waals surface area contributed by atoms with Gasteiger partial charge in [0.15, 0.2) is 0 Å². The third-order valence-corrected chi connectivity index (χ3v) is 4.04. The van der Waals surface area contributed by atoms with Crippen LogP contribution in [0.4, 0.5) is 4.39 Å². The van der Waals surface area contributed by atoms with Gasteiger partial charge in [-0.2, -0.15) is 0 Å². The summed E-state index contributed by atoms with van der Waals surface area (Å²) in [4.78, 5) is 0. The molecule has 0 aliphatic carbocycles. The van der Waals surface area contributed by atoms with Crippen molar-refractivity contribution in [1.82, 2.24) is 5.32 Å². The average molecular weight is 316 g/mol. The molecule has 0 aliphatic heterocycles. The summed E-state index contributed by atoms with van der Waals surface area (Å²) in [6, 6.07) is 5.75. The number of nitrogens with one attached hydrogen (secondary N) is 1. The quantitative estimate of drug-likeness (QED) is 0.709. The van der Waals surface area contributed by atoms with E-state index >= 15 is 0 Å². The van der Waals surface area contributed by atoms with Gasteiger partial charge in [0.1, 0.15) is 5.82 Å². The van der Waals surface area contributed by atoms with Gasteiger partial charge in [-0.15, -0.1) is 0 Å². The maximum Gasteiger partial charge on any atom is 0.137 e. The molecule has 1 rings (SSSR count).